The molecule has 2 aliphatic carbocycles. The Balaban J connectivity index is 1.47. The molecule has 5 rings (SSSR count). The minimum absolute atomic E-state index is 0.147. The van der Waals surface area contributed by atoms with Crippen molar-refractivity contribution in [2.75, 3.05) is 36.2 Å². The van der Waals surface area contributed by atoms with Crippen molar-refractivity contribution in [3.8, 4) is 11.4 Å². The number of hydrogen-bond acceptors (Lipinski definition) is 7. The summed E-state index contributed by atoms with van der Waals surface area (Å²) in [7, 11) is -3.29. The summed E-state index contributed by atoms with van der Waals surface area (Å²) in [4.78, 5) is 11.8. The number of aromatic nitrogens is 2. The first-order chi connectivity index (χ1) is 15.7. The molecule has 0 bridgehead atoms. The molecule has 2 aromatic rings. The average molecular weight is 488 g/mol. The molecule has 8 nitrogen and oxygen atoms in total. The Kier molecular flexibility index (Phi) is 5.78. The molecule has 10 heteroatoms. The monoisotopic (exact) mass is 487 g/mol. The zero-order chi connectivity index (χ0) is 23.2. The number of hydrogen-bond donors (Lipinski definition) is 2. The highest BCUT2D eigenvalue weighted by atomic mass is 32.2. The van der Waals surface area contributed by atoms with Gasteiger partial charge in [-0.3, -0.25) is 0 Å². The normalized spacial score (nSPS) is 22.0. The van der Waals surface area contributed by atoms with Crippen molar-refractivity contribution in [2.24, 2.45) is 0 Å². The number of nitrogens with one attached hydrogen (secondary N) is 2. The van der Waals surface area contributed by atoms with Gasteiger partial charge in [0.15, 0.2) is 20.8 Å². The van der Waals surface area contributed by atoms with Gasteiger partial charge in [-0.2, -0.15) is 0 Å². The fourth-order valence-corrected chi connectivity index (χ4v) is 5.84. The highest BCUT2D eigenvalue weighted by Gasteiger charge is 2.55. The maximum Gasteiger partial charge on any atom is 0.170 e. The third-order valence-electron chi connectivity index (χ3n) is 6.57. The molecule has 0 amide bonds. The molecule has 0 spiro atoms. The minimum Gasteiger partial charge on any atom is -0.377 e. The first-order valence-corrected chi connectivity index (χ1v) is 13.7. The van der Waals surface area contributed by atoms with Crippen LogP contribution < -0.4 is 15.5 Å². The molecule has 1 aliphatic heterocycles. The maximum absolute atomic E-state index is 12.6. The molecule has 33 heavy (non-hydrogen) atoms. The Hall–Kier alpha value is -2.30. The van der Waals surface area contributed by atoms with E-state index in [-0.39, 0.29) is 6.04 Å². The van der Waals surface area contributed by atoms with E-state index in [1.54, 1.807) is 0 Å². The predicted octanol–water partition coefficient (Wildman–Crippen LogP) is 2.85. The summed E-state index contributed by atoms with van der Waals surface area (Å²) in [6.07, 6.45) is 4.81. The van der Waals surface area contributed by atoms with E-state index < -0.39 is 14.6 Å². The number of anilines is 2. The van der Waals surface area contributed by atoms with E-state index in [1.807, 2.05) is 30.3 Å². The summed E-state index contributed by atoms with van der Waals surface area (Å²) in [5.41, 5.74) is 2.29. The van der Waals surface area contributed by atoms with Gasteiger partial charge < -0.3 is 20.3 Å². The number of ether oxygens (including phenoxy) is 1. The molecule has 0 radical (unpaired) electrons. The number of sulfone groups is 1. The largest absolute Gasteiger partial charge is 0.377 e. The predicted molar refractivity (Wildman–Crippen MR) is 133 cm³/mol. The number of benzene rings is 1. The van der Waals surface area contributed by atoms with Crippen LogP contribution in [0.15, 0.2) is 30.3 Å². The zero-order valence-electron chi connectivity index (χ0n) is 18.9. The zero-order valence-corrected chi connectivity index (χ0v) is 20.5. The molecule has 1 atom stereocenters. The van der Waals surface area contributed by atoms with Crippen LogP contribution >= 0.6 is 12.2 Å². The average Bonchev–Trinajstić information content (AvgIpc) is 3.68. The van der Waals surface area contributed by atoms with Crippen LogP contribution in [-0.4, -0.2) is 61.6 Å². The molecule has 1 aromatic heterocycles. The summed E-state index contributed by atoms with van der Waals surface area (Å²) >= 11 is 5.36. The Morgan fingerprint density at radius 2 is 1.94 bits per heavy atom. The van der Waals surface area contributed by atoms with Gasteiger partial charge in [-0.15, -0.1) is 0 Å². The fourth-order valence-electron chi connectivity index (χ4n) is 4.22. The molecular formula is C23H29N5O3S2. The third-order valence-corrected chi connectivity index (χ3v) is 8.83. The van der Waals surface area contributed by atoms with E-state index >= 15 is 0 Å². The maximum atomic E-state index is 12.6. The number of rotatable bonds is 6. The molecule has 2 saturated carbocycles. The van der Waals surface area contributed by atoms with Crippen molar-refractivity contribution in [1.82, 2.24) is 15.3 Å². The van der Waals surface area contributed by atoms with Crippen molar-refractivity contribution in [2.45, 2.75) is 49.4 Å². The van der Waals surface area contributed by atoms with Crippen molar-refractivity contribution in [1.29, 1.82) is 0 Å². The van der Waals surface area contributed by atoms with Crippen LogP contribution in [-0.2, 0) is 19.3 Å². The van der Waals surface area contributed by atoms with Crippen LogP contribution in [0.4, 0.5) is 11.5 Å². The molecule has 1 saturated heterocycles. The van der Waals surface area contributed by atoms with Crippen molar-refractivity contribution < 1.29 is 13.2 Å². The Morgan fingerprint density at radius 1 is 1.21 bits per heavy atom. The number of thiocarbonyl (C=S) groups is 1. The van der Waals surface area contributed by atoms with Gasteiger partial charge in [0, 0.05) is 36.2 Å². The van der Waals surface area contributed by atoms with Crippen molar-refractivity contribution in [3.05, 3.63) is 36.0 Å². The van der Waals surface area contributed by atoms with Crippen LogP contribution in [0.2, 0.25) is 0 Å². The molecule has 176 valence electrons. The molecule has 3 fully saturated rings. The topological polar surface area (TPSA) is 96.5 Å². The lowest BCUT2D eigenvalue weighted by Gasteiger charge is -2.34. The summed E-state index contributed by atoms with van der Waals surface area (Å²) in [5.74, 6) is 1.28. The van der Waals surface area contributed by atoms with E-state index in [1.165, 1.54) is 6.26 Å². The van der Waals surface area contributed by atoms with Crippen LogP contribution in [0, 0.1) is 0 Å². The summed E-state index contributed by atoms with van der Waals surface area (Å²) in [5, 5.41) is 7.09. The Morgan fingerprint density at radius 3 is 2.55 bits per heavy atom. The second-order valence-corrected chi connectivity index (χ2v) is 12.0. The second kappa shape index (κ2) is 8.48. The first kappa shape index (κ1) is 22.5. The Labute approximate surface area is 200 Å². The van der Waals surface area contributed by atoms with E-state index in [9.17, 15) is 8.42 Å². The SMILES string of the molecule is C[C@H]1COCCN1c1cc(C2(S(C)(=O)=O)CC2)nc(-c2ccc(NC(=S)NC3CC3)cc2)n1. The quantitative estimate of drug-likeness (QED) is 0.596. The van der Waals surface area contributed by atoms with E-state index in [0.29, 0.717) is 55.3 Å². The molecule has 0 unspecified atom stereocenters. The summed E-state index contributed by atoms with van der Waals surface area (Å²) in [6, 6.07) is 10.2. The number of nitrogens with zero attached hydrogens (tertiary/aromatic N) is 3. The van der Waals surface area contributed by atoms with E-state index in [2.05, 4.69) is 22.5 Å². The van der Waals surface area contributed by atoms with Gasteiger partial charge in [0.05, 0.1) is 24.9 Å². The van der Waals surface area contributed by atoms with Gasteiger partial charge in [0.1, 0.15) is 10.6 Å². The van der Waals surface area contributed by atoms with Gasteiger partial charge in [-0.05, 0) is 69.1 Å². The smallest absolute Gasteiger partial charge is 0.170 e. The molecular weight excluding hydrogens is 458 g/mol. The van der Waals surface area contributed by atoms with Gasteiger partial charge in [0.25, 0.3) is 0 Å². The van der Waals surface area contributed by atoms with E-state index in [0.717, 1.165) is 29.9 Å². The van der Waals surface area contributed by atoms with Crippen LogP contribution in [0.5, 0.6) is 0 Å². The number of morpholine rings is 1. The van der Waals surface area contributed by atoms with Gasteiger partial charge in [0.2, 0.25) is 0 Å². The van der Waals surface area contributed by atoms with Crippen LogP contribution in [0.3, 0.4) is 0 Å². The van der Waals surface area contributed by atoms with Crippen molar-refractivity contribution in [3.63, 3.8) is 0 Å². The lowest BCUT2D eigenvalue weighted by atomic mass is 10.1. The highest BCUT2D eigenvalue weighted by Crippen LogP contribution is 2.52. The van der Waals surface area contributed by atoms with E-state index in [4.69, 9.17) is 26.9 Å². The second-order valence-electron chi connectivity index (χ2n) is 9.27. The molecule has 1 aromatic carbocycles. The highest BCUT2D eigenvalue weighted by molar-refractivity contribution is 7.92. The summed E-state index contributed by atoms with van der Waals surface area (Å²) in [6.45, 7) is 4.02. The standard InChI is InChI=1S/C23H29N5O3S2/c1-15-14-31-12-11-28(15)20-13-19(23(9-10-23)33(2,29)30)26-21(27-20)16-3-5-17(6-4-16)24-22(32)25-18-7-8-18/h3-6,13,15,18H,7-12,14H2,1-2H3,(H2,24,25,32)/t15-/m0/s1. The lowest BCUT2D eigenvalue weighted by molar-refractivity contribution is 0.0985. The minimum atomic E-state index is -3.29. The molecule has 2 heterocycles. The Bertz CT molecular complexity index is 1160. The van der Waals surface area contributed by atoms with Gasteiger partial charge in [-0.25, -0.2) is 18.4 Å². The lowest BCUT2D eigenvalue weighted by Crippen LogP contribution is -2.44. The molecule has 2 N–H and O–H groups in total. The van der Waals surface area contributed by atoms with Gasteiger partial charge >= 0.3 is 0 Å². The van der Waals surface area contributed by atoms with Gasteiger partial charge in [-0.1, -0.05) is 0 Å². The molecule has 3 aliphatic rings. The first-order valence-electron chi connectivity index (χ1n) is 11.4. The van der Waals surface area contributed by atoms with Crippen LogP contribution in [0.1, 0.15) is 38.3 Å². The van der Waals surface area contributed by atoms with Crippen LogP contribution in [0.25, 0.3) is 11.4 Å². The fraction of sp³-hybridized carbons (Fsp3) is 0.522. The van der Waals surface area contributed by atoms with Crippen molar-refractivity contribution >= 4 is 38.7 Å². The summed E-state index contributed by atoms with van der Waals surface area (Å²) < 4.78 is 29.9. The third kappa shape index (κ3) is 4.69.